The molecule has 1 unspecified atom stereocenters. The summed E-state index contributed by atoms with van der Waals surface area (Å²) in [5.74, 6) is -0.0363. The number of rotatable bonds is 6. The zero-order valence-electron chi connectivity index (χ0n) is 9.76. The van der Waals surface area contributed by atoms with E-state index in [-0.39, 0.29) is 19.8 Å². The largest absolute Gasteiger partial charge is 0.490 e. The van der Waals surface area contributed by atoms with Gasteiger partial charge in [-0.25, -0.2) is 4.79 Å². The quantitative estimate of drug-likeness (QED) is 0.552. The van der Waals surface area contributed by atoms with Crippen LogP contribution in [-0.2, 0) is 9.53 Å². The fourth-order valence-corrected chi connectivity index (χ4v) is 1.05. The molecule has 0 aromatic heterocycles. The van der Waals surface area contributed by atoms with Crippen LogP contribution in [0.5, 0.6) is 5.75 Å². The molecular weight excluding hydrogens is 222 g/mol. The molecule has 5 nitrogen and oxygen atoms in total. The van der Waals surface area contributed by atoms with E-state index in [1.807, 2.05) is 18.2 Å². The monoisotopic (exact) mass is 239 g/mol. The minimum absolute atomic E-state index is 0.0733. The maximum atomic E-state index is 11.3. The number of hydrogen-bond donors (Lipinski definition) is 2. The Hall–Kier alpha value is -1.59. The Labute approximate surface area is 100 Å². The van der Waals surface area contributed by atoms with Gasteiger partial charge in [0.25, 0.3) is 0 Å². The minimum atomic E-state index is -1.63. The molecule has 0 aliphatic rings. The van der Waals surface area contributed by atoms with Crippen LogP contribution < -0.4 is 10.5 Å². The molecule has 0 spiro atoms. The summed E-state index contributed by atoms with van der Waals surface area (Å²) in [6, 6.07) is 9.18. The highest BCUT2D eigenvalue weighted by Gasteiger charge is 2.30. The Morgan fingerprint density at radius 1 is 1.35 bits per heavy atom. The molecule has 0 saturated carbocycles. The van der Waals surface area contributed by atoms with E-state index in [4.69, 9.17) is 15.2 Å². The molecule has 1 rings (SSSR count). The van der Waals surface area contributed by atoms with Gasteiger partial charge in [-0.15, -0.1) is 0 Å². The molecular formula is C12H17NO4. The number of aliphatic hydroxyl groups is 1. The number of hydrogen-bond acceptors (Lipinski definition) is 5. The van der Waals surface area contributed by atoms with Crippen molar-refractivity contribution in [3.8, 4) is 5.75 Å². The van der Waals surface area contributed by atoms with Crippen molar-refractivity contribution < 1.29 is 19.4 Å². The standard InChI is InChI=1S/C12H17NO4/c1-12(15,9-13)11(14)17-8-7-16-10-5-3-2-4-6-10/h2-6,15H,7-9,13H2,1H3. The highest BCUT2D eigenvalue weighted by Crippen LogP contribution is 2.08. The van der Waals surface area contributed by atoms with Gasteiger partial charge in [-0.05, 0) is 19.1 Å². The van der Waals surface area contributed by atoms with Crippen molar-refractivity contribution in [3.63, 3.8) is 0 Å². The average molecular weight is 239 g/mol. The van der Waals surface area contributed by atoms with E-state index in [0.717, 1.165) is 0 Å². The number of nitrogens with two attached hydrogens (primary N) is 1. The van der Waals surface area contributed by atoms with E-state index in [0.29, 0.717) is 5.75 Å². The van der Waals surface area contributed by atoms with Crippen molar-refractivity contribution in [2.45, 2.75) is 12.5 Å². The van der Waals surface area contributed by atoms with E-state index in [1.54, 1.807) is 12.1 Å². The van der Waals surface area contributed by atoms with Gasteiger partial charge < -0.3 is 20.3 Å². The summed E-state index contributed by atoms with van der Waals surface area (Å²) in [5, 5.41) is 9.47. The Bertz CT molecular complexity index is 351. The molecule has 0 heterocycles. The Balaban J connectivity index is 2.23. The van der Waals surface area contributed by atoms with E-state index in [2.05, 4.69) is 0 Å². The summed E-state index contributed by atoms with van der Waals surface area (Å²) in [7, 11) is 0. The molecule has 0 aliphatic heterocycles. The molecule has 0 saturated heterocycles. The molecule has 0 fully saturated rings. The van der Waals surface area contributed by atoms with Crippen LogP contribution in [0.3, 0.4) is 0 Å². The maximum Gasteiger partial charge on any atom is 0.339 e. The fourth-order valence-electron chi connectivity index (χ4n) is 1.05. The lowest BCUT2D eigenvalue weighted by Gasteiger charge is -2.18. The lowest BCUT2D eigenvalue weighted by atomic mass is 10.1. The predicted octanol–water partition coefficient (Wildman–Crippen LogP) is 0.318. The lowest BCUT2D eigenvalue weighted by Crippen LogP contribution is -2.44. The van der Waals surface area contributed by atoms with Crippen LogP contribution in [0.15, 0.2) is 30.3 Å². The Morgan fingerprint density at radius 3 is 2.59 bits per heavy atom. The van der Waals surface area contributed by atoms with Crippen LogP contribution in [0.1, 0.15) is 6.92 Å². The van der Waals surface area contributed by atoms with Crippen molar-refractivity contribution in [1.29, 1.82) is 0 Å². The number of para-hydroxylation sites is 1. The van der Waals surface area contributed by atoms with Crippen LogP contribution in [0.2, 0.25) is 0 Å². The third-order valence-corrected chi connectivity index (χ3v) is 2.17. The highest BCUT2D eigenvalue weighted by atomic mass is 16.6. The first-order valence-corrected chi connectivity index (χ1v) is 5.34. The maximum absolute atomic E-state index is 11.3. The number of esters is 1. The summed E-state index contributed by atoms with van der Waals surface area (Å²) in [6.45, 7) is 1.44. The Kier molecular flexibility index (Phi) is 4.93. The third kappa shape index (κ3) is 4.42. The summed E-state index contributed by atoms with van der Waals surface area (Å²) in [4.78, 5) is 11.3. The van der Waals surface area contributed by atoms with Gasteiger partial charge >= 0.3 is 5.97 Å². The topological polar surface area (TPSA) is 81.8 Å². The van der Waals surface area contributed by atoms with Crippen molar-refractivity contribution in [2.24, 2.45) is 5.73 Å². The second-order valence-corrected chi connectivity index (χ2v) is 3.78. The zero-order chi connectivity index (χ0) is 12.7. The van der Waals surface area contributed by atoms with Gasteiger partial charge in [0, 0.05) is 6.54 Å². The lowest BCUT2D eigenvalue weighted by molar-refractivity contribution is -0.163. The molecule has 17 heavy (non-hydrogen) atoms. The second-order valence-electron chi connectivity index (χ2n) is 3.78. The van der Waals surface area contributed by atoms with Gasteiger partial charge in [-0.3, -0.25) is 0 Å². The van der Waals surface area contributed by atoms with Crippen LogP contribution in [0, 0.1) is 0 Å². The number of benzene rings is 1. The number of carbonyl (C=O) groups excluding carboxylic acids is 1. The summed E-state index contributed by atoms with van der Waals surface area (Å²) in [6.07, 6.45) is 0. The van der Waals surface area contributed by atoms with Crippen molar-refractivity contribution in [2.75, 3.05) is 19.8 Å². The zero-order valence-corrected chi connectivity index (χ0v) is 9.76. The summed E-state index contributed by atoms with van der Waals surface area (Å²) >= 11 is 0. The molecule has 0 amide bonds. The second kappa shape index (κ2) is 6.22. The van der Waals surface area contributed by atoms with Crippen LogP contribution in [0.4, 0.5) is 0 Å². The fraction of sp³-hybridized carbons (Fsp3) is 0.417. The van der Waals surface area contributed by atoms with Crippen molar-refractivity contribution in [3.05, 3.63) is 30.3 Å². The SMILES string of the molecule is CC(O)(CN)C(=O)OCCOc1ccccc1. The van der Waals surface area contributed by atoms with Gasteiger partial charge in [0.2, 0.25) is 0 Å². The van der Waals surface area contributed by atoms with Crippen LogP contribution in [0.25, 0.3) is 0 Å². The van der Waals surface area contributed by atoms with E-state index in [1.165, 1.54) is 6.92 Å². The third-order valence-electron chi connectivity index (χ3n) is 2.17. The first-order valence-electron chi connectivity index (χ1n) is 5.34. The molecule has 3 N–H and O–H groups in total. The summed E-state index contributed by atoms with van der Waals surface area (Å²) < 4.78 is 10.1. The Morgan fingerprint density at radius 2 is 2.00 bits per heavy atom. The smallest absolute Gasteiger partial charge is 0.339 e. The van der Waals surface area contributed by atoms with Crippen molar-refractivity contribution >= 4 is 5.97 Å². The molecule has 0 aliphatic carbocycles. The number of carbonyl (C=O) groups is 1. The predicted molar refractivity (Wildman–Crippen MR) is 62.6 cm³/mol. The average Bonchev–Trinajstić information content (AvgIpc) is 2.35. The molecule has 0 bridgehead atoms. The van der Waals surface area contributed by atoms with Crippen LogP contribution >= 0.6 is 0 Å². The van der Waals surface area contributed by atoms with E-state index < -0.39 is 11.6 Å². The molecule has 5 heteroatoms. The number of ether oxygens (including phenoxy) is 2. The molecule has 94 valence electrons. The highest BCUT2D eigenvalue weighted by molar-refractivity contribution is 5.78. The van der Waals surface area contributed by atoms with Gasteiger partial charge in [-0.2, -0.15) is 0 Å². The van der Waals surface area contributed by atoms with E-state index in [9.17, 15) is 9.90 Å². The first kappa shape index (κ1) is 13.5. The van der Waals surface area contributed by atoms with Gasteiger partial charge in [0.05, 0.1) is 0 Å². The van der Waals surface area contributed by atoms with Gasteiger partial charge in [0.1, 0.15) is 19.0 Å². The van der Waals surface area contributed by atoms with Gasteiger partial charge in [-0.1, -0.05) is 18.2 Å². The minimum Gasteiger partial charge on any atom is -0.490 e. The van der Waals surface area contributed by atoms with Crippen LogP contribution in [-0.4, -0.2) is 36.4 Å². The normalized spacial score (nSPS) is 13.8. The molecule has 1 aromatic rings. The van der Waals surface area contributed by atoms with Gasteiger partial charge in [0.15, 0.2) is 5.60 Å². The summed E-state index contributed by atoms with van der Waals surface area (Å²) in [5.41, 5.74) is 3.59. The molecule has 1 aromatic carbocycles. The van der Waals surface area contributed by atoms with Crippen molar-refractivity contribution in [1.82, 2.24) is 0 Å². The molecule has 1 atom stereocenters. The van der Waals surface area contributed by atoms with E-state index >= 15 is 0 Å². The first-order chi connectivity index (χ1) is 8.06. The molecule has 0 radical (unpaired) electrons.